The van der Waals surface area contributed by atoms with Gasteiger partial charge < -0.3 is 15.4 Å². The number of amides is 2. The molecule has 0 aromatic heterocycles. The number of methoxy groups -OCH3 is 1. The van der Waals surface area contributed by atoms with E-state index < -0.39 is 4.92 Å². The van der Waals surface area contributed by atoms with E-state index in [-0.39, 0.29) is 23.9 Å². The molecule has 1 aromatic rings. The Balaban J connectivity index is 2.08. The third kappa shape index (κ3) is 3.54. The number of benzene rings is 1. The average molecular weight is 307 g/mol. The van der Waals surface area contributed by atoms with Crippen molar-refractivity contribution in [2.24, 2.45) is 0 Å². The third-order valence-corrected chi connectivity index (χ3v) is 4.06. The van der Waals surface area contributed by atoms with Crippen molar-refractivity contribution in [3.63, 3.8) is 0 Å². The number of carbonyl (C=O) groups excluding carboxylic acids is 1. The highest BCUT2D eigenvalue weighted by Gasteiger charge is 2.28. The van der Waals surface area contributed by atoms with Crippen LogP contribution < -0.4 is 10.6 Å². The number of ether oxygens (including phenoxy) is 1. The first-order valence-corrected chi connectivity index (χ1v) is 7.28. The van der Waals surface area contributed by atoms with Crippen LogP contribution in [0.3, 0.4) is 0 Å². The van der Waals surface area contributed by atoms with E-state index in [1.807, 2.05) is 0 Å². The number of nitrogens with zero attached hydrogens (tertiary/aromatic N) is 1. The zero-order chi connectivity index (χ0) is 16.3. The minimum absolute atomic E-state index is 0.00321. The van der Waals surface area contributed by atoms with E-state index in [9.17, 15) is 14.9 Å². The summed E-state index contributed by atoms with van der Waals surface area (Å²) in [5.74, 6) is 0. The maximum atomic E-state index is 12.1. The first kappa shape index (κ1) is 16.2. The monoisotopic (exact) mass is 307 g/mol. The van der Waals surface area contributed by atoms with E-state index in [4.69, 9.17) is 4.74 Å². The summed E-state index contributed by atoms with van der Waals surface area (Å²) in [5.41, 5.74) is 1.80. The molecule has 2 N–H and O–H groups in total. The normalized spacial score (nSPS) is 20.7. The van der Waals surface area contributed by atoms with Gasteiger partial charge in [0.2, 0.25) is 0 Å². The first-order valence-electron chi connectivity index (χ1n) is 7.28. The molecule has 0 unspecified atom stereocenters. The lowest BCUT2D eigenvalue weighted by Crippen LogP contribution is -2.43. The quantitative estimate of drug-likeness (QED) is 0.660. The van der Waals surface area contributed by atoms with Crippen molar-refractivity contribution in [2.75, 3.05) is 12.4 Å². The number of nitro groups is 1. The molecule has 1 fully saturated rings. The molecular formula is C15H21N3O4. The minimum atomic E-state index is -0.449. The Kier molecular flexibility index (Phi) is 4.97. The van der Waals surface area contributed by atoms with Crippen LogP contribution in [-0.4, -0.2) is 30.2 Å². The molecule has 7 heteroatoms. The van der Waals surface area contributed by atoms with Crippen molar-refractivity contribution < 1.29 is 14.5 Å². The fourth-order valence-electron chi connectivity index (χ4n) is 2.87. The van der Waals surface area contributed by atoms with E-state index in [1.165, 1.54) is 6.07 Å². The molecule has 1 aromatic carbocycles. The highest BCUT2D eigenvalue weighted by atomic mass is 16.6. The van der Waals surface area contributed by atoms with Gasteiger partial charge >= 0.3 is 6.03 Å². The van der Waals surface area contributed by atoms with Gasteiger partial charge in [-0.25, -0.2) is 4.79 Å². The van der Waals surface area contributed by atoms with Crippen LogP contribution in [0.15, 0.2) is 12.1 Å². The topological polar surface area (TPSA) is 93.5 Å². The SMILES string of the molecule is CO[C@@H]1CCC[C@H]1NC(=O)Nc1cc([N+](=O)[O-])c(C)cc1C. The average Bonchev–Trinajstić information content (AvgIpc) is 2.88. The summed E-state index contributed by atoms with van der Waals surface area (Å²) in [7, 11) is 1.63. The Morgan fingerprint density at radius 3 is 2.68 bits per heavy atom. The number of anilines is 1. The molecule has 2 atom stereocenters. The van der Waals surface area contributed by atoms with Crippen molar-refractivity contribution in [3.8, 4) is 0 Å². The van der Waals surface area contributed by atoms with Crippen molar-refractivity contribution >= 4 is 17.4 Å². The van der Waals surface area contributed by atoms with Crippen LogP contribution in [-0.2, 0) is 4.74 Å². The fourth-order valence-corrected chi connectivity index (χ4v) is 2.87. The van der Waals surface area contributed by atoms with E-state index >= 15 is 0 Å². The standard InChI is InChI=1S/C15H21N3O4/c1-9-7-10(2)13(18(20)21)8-12(9)17-15(19)16-11-5-4-6-14(11)22-3/h7-8,11,14H,4-6H2,1-3H3,(H2,16,17,19)/t11-,14-/m1/s1. The highest BCUT2D eigenvalue weighted by molar-refractivity contribution is 5.91. The number of urea groups is 1. The maximum Gasteiger partial charge on any atom is 0.319 e. The molecule has 1 saturated carbocycles. The number of rotatable bonds is 4. The van der Waals surface area contributed by atoms with E-state index in [0.29, 0.717) is 11.3 Å². The van der Waals surface area contributed by atoms with Crippen molar-refractivity contribution in [3.05, 3.63) is 33.4 Å². The van der Waals surface area contributed by atoms with Gasteiger partial charge in [-0.2, -0.15) is 0 Å². The maximum absolute atomic E-state index is 12.1. The Labute approximate surface area is 129 Å². The largest absolute Gasteiger partial charge is 0.379 e. The van der Waals surface area contributed by atoms with E-state index in [1.54, 1.807) is 27.0 Å². The van der Waals surface area contributed by atoms with E-state index in [2.05, 4.69) is 10.6 Å². The number of hydrogen-bond donors (Lipinski definition) is 2. The zero-order valence-electron chi connectivity index (χ0n) is 13.0. The predicted octanol–water partition coefficient (Wildman–Crippen LogP) is 2.90. The summed E-state index contributed by atoms with van der Waals surface area (Å²) >= 11 is 0. The van der Waals surface area contributed by atoms with Crippen LogP contribution in [0.5, 0.6) is 0 Å². The van der Waals surface area contributed by atoms with Crippen LogP contribution in [0.1, 0.15) is 30.4 Å². The summed E-state index contributed by atoms with van der Waals surface area (Å²) in [6.07, 6.45) is 2.84. The van der Waals surface area contributed by atoms with Crippen molar-refractivity contribution in [2.45, 2.75) is 45.3 Å². The molecule has 0 bridgehead atoms. The van der Waals surface area contributed by atoms with Crippen LogP contribution in [0.2, 0.25) is 0 Å². The van der Waals surface area contributed by atoms with E-state index in [0.717, 1.165) is 24.8 Å². The Bertz CT molecular complexity index is 588. The smallest absolute Gasteiger partial charge is 0.319 e. The summed E-state index contributed by atoms with van der Waals surface area (Å²) < 4.78 is 5.33. The Morgan fingerprint density at radius 2 is 2.05 bits per heavy atom. The molecule has 22 heavy (non-hydrogen) atoms. The highest BCUT2D eigenvalue weighted by Crippen LogP contribution is 2.26. The number of aryl methyl sites for hydroxylation is 2. The second kappa shape index (κ2) is 6.74. The number of hydrogen-bond acceptors (Lipinski definition) is 4. The van der Waals surface area contributed by atoms with Gasteiger partial charge in [-0.15, -0.1) is 0 Å². The Hall–Kier alpha value is -2.15. The second-order valence-electron chi connectivity index (χ2n) is 5.62. The zero-order valence-corrected chi connectivity index (χ0v) is 13.0. The lowest BCUT2D eigenvalue weighted by molar-refractivity contribution is -0.385. The molecule has 0 saturated heterocycles. The van der Waals surface area contributed by atoms with Crippen LogP contribution in [0.25, 0.3) is 0 Å². The molecule has 7 nitrogen and oxygen atoms in total. The number of nitrogens with one attached hydrogen (secondary N) is 2. The van der Waals surface area contributed by atoms with Gasteiger partial charge in [-0.1, -0.05) is 0 Å². The van der Waals surface area contributed by atoms with Gasteiger partial charge in [0.1, 0.15) is 0 Å². The lowest BCUT2D eigenvalue weighted by Gasteiger charge is -2.20. The van der Waals surface area contributed by atoms with Crippen molar-refractivity contribution in [1.29, 1.82) is 0 Å². The summed E-state index contributed by atoms with van der Waals surface area (Å²) in [5, 5.41) is 16.6. The molecule has 0 heterocycles. The summed E-state index contributed by atoms with van der Waals surface area (Å²) in [6.45, 7) is 3.48. The second-order valence-corrected chi connectivity index (χ2v) is 5.62. The molecule has 120 valence electrons. The molecule has 1 aliphatic carbocycles. The summed E-state index contributed by atoms with van der Waals surface area (Å²) in [6, 6.07) is 2.70. The summed E-state index contributed by atoms with van der Waals surface area (Å²) in [4.78, 5) is 22.6. The van der Waals surface area contributed by atoms with Crippen LogP contribution in [0, 0.1) is 24.0 Å². The van der Waals surface area contributed by atoms with Gasteiger partial charge in [0.15, 0.2) is 0 Å². The fraction of sp³-hybridized carbons (Fsp3) is 0.533. The number of nitro benzene ring substituents is 1. The van der Waals surface area contributed by atoms with Gasteiger partial charge in [0.25, 0.3) is 5.69 Å². The predicted molar refractivity (Wildman–Crippen MR) is 83.2 cm³/mol. The Morgan fingerprint density at radius 1 is 1.32 bits per heavy atom. The molecular weight excluding hydrogens is 286 g/mol. The molecule has 0 aliphatic heterocycles. The minimum Gasteiger partial charge on any atom is -0.379 e. The first-order chi connectivity index (χ1) is 10.4. The molecule has 2 rings (SSSR count). The molecule has 2 amide bonds. The lowest BCUT2D eigenvalue weighted by atomic mass is 10.1. The molecule has 0 radical (unpaired) electrons. The van der Waals surface area contributed by atoms with Crippen LogP contribution in [0.4, 0.5) is 16.2 Å². The number of carbonyl (C=O) groups is 1. The molecule has 1 aliphatic rings. The van der Waals surface area contributed by atoms with Gasteiger partial charge in [-0.3, -0.25) is 10.1 Å². The van der Waals surface area contributed by atoms with Gasteiger partial charge in [0, 0.05) is 18.7 Å². The van der Waals surface area contributed by atoms with Gasteiger partial charge in [-0.05, 0) is 44.7 Å². The van der Waals surface area contributed by atoms with Crippen molar-refractivity contribution in [1.82, 2.24) is 5.32 Å². The van der Waals surface area contributed by atoms with Gasteiger partial charge in [0.05, 0.1) is 22.8 Å². The third-order valence-electron chi connectivity index (χ3n) is 4.06. The molecule has 0 spiro atoms. The van der Waals surface area contributed by atoms with Crippen LogP contribution >= 0.6 is 0 Å².